The van der Waals surface area contributed by atoms with Gasteiger partial charge >= 0.3 is 0 Å². The van der Waals surface area contributed by atoms with Crippen LogP contribution >= 0.6 is 24.0 Å². The van der Waals surface area contributed by atoms with Crippen molar-refractivity contribution in [3.8, 4) is 5.75 Å². The average molecular weight is 336 g/mol. The van der Waals surface area contributed by atoms with Crippen molar-refractivity contribution in [2.45, 2.75) is 25.8 Å². The minimum Gasteiger partial charge on any atom is -0.548 e. The molecule has 0 spiro atoms. The zero-order valence-electron chi connectivity index (χ0n) is 11.8. The number of phenols is 1. The highest BCUT2D eigenvalue weighted by Gasteiger charge is 2.37. The molecule has 22 heavy (non-hydrogen) atoms. The van der Waals surface area contributed by atoms with Crippen LogP contribution in [-0.2, 0) is 9.59 Å². The van der Waals surface area contributed by atoms with Crippen molar-refractivity contribution in [3.63, 3.8) is 0 Å². The number of thioether (sulfide) groups is 1. The largest absolute Gasteiger partial charge is 0.548 e. The normalized spacial score (nSPS) is 18.0. The van der Waals surface area contributed by atoms with Crippen molar-refractivity contribution in [1.82, 2.24) is 4.90 Å². The number of hydrogen-bond donors (Lipinski definition) is 1. The Labute approximate surface area is 137 Å². The lowest BCUT2D eigenvalue weighted by Gasteiger charge is -2.27. The van der Waals surface area contributed by atoms with Gasteiger partial charge in [0, 0.05) is 0 Å². The minimum absolute atomic E-state index is 0.129. The van der Waals surface area contributed by atoms with Gasteiger partial charge in [-0.2, -0.15) is 0 Å². The summed E-state index contributed by atoms with van der Waals surface area (Å²) >= 11 is 6.21. The molecule has 1 fully saturated rings. The lowest BCUT2D eigenvalue weighted by molar-refractivity contribution is -0.310. The number of aromatic hydroxyl groups is 1. The maximum atomic E-state index is 12.4. The van der Waals surface area contributed by atoms with E-state index in [9.17, 15) is 19.8 Å². The van der Waals surface area contributed by atoms with Crippen LogP contribution in [0.1, 0.15) is 25.3 Å². The molecule has 0 bridgehead atoms. The summed E-state index contributed by atoms with van der Waals surface area (Å²) in [6.45, 7) is 1.83. The number of carboxylic acids is 1. The second-order valence-electron chi connectivity index (χ2n) is 4.77. The molecule has 1 aliphatic heterocycles. The van der Waals surface area contributed by atoms with Crippen LogP contribution in [-0.4, -0.2) is 32.2 Å². The predicted molar refractivity (Wildman–Crippen MR) is 86.8 cm³/mol. The van der Waals surface area contributed by atoms with Crippen molar-refractivity contribution in [3.05, 3.63) is 34.7 Å². The van der Waals surface area contributed by atoms with E-state index in [1.165, 1.54) is 12.1 Å². The Bertz CT molecular complexity index is 639. The maximum absolute atomic E-state index is 12.4. The van der Waals surface area contributed by atoms with E-state index < -0.39 is 17.9 Å². The third-order valence-corrected chi connectivity index (χ3v) is 4.49. The second kappa shape index (κ2) is 6.93. The lowest BCUT2D eigenvalue weighted by atomic mass is 10.1. The fraction of sp³-hybridized carbons (Fsp3) is 0.267. The molecule has 1 amide bonds. The Hall–Kier alpha value is -1.86. The summed E-state index contributed by atoms with van der Waals surface area (Å²) < 4.78 is 0.220. The van der Waals surface area contributed by atoms with Crippen LogP contribution in [0.4, 0.5) is 0 Å². The van der Waals surface area contributed by atoms with Crippen LogP contribution in [0.25, 0.3) is 6.08 Å². The maximum Gasteiger partial charge on any atom is 0.266 e. The van der Waals surface area contributed by atoms with Crippen LogP contribution in [0.5, 0.6) is 5.75 Å². The van der Waals surface area contributed by atoms with Gasteiger partial charge in [0.1, 0.15) is 10.1 Å². The van der Waals surface area contributed by atoms with Crippen LogP contribution in [0, 0.1) is 0 Å². The van der Waals surface area contributed by atoms with E-state index in [-0.39, 0.29) is 10.1 Å². The molecule has 1 heterocycles. The highest BCUT2D eigenvalue weighted by Crippen LogP contribution is 2.34. The fourth-order valence-corrected chi connectivity index (χ4v) is 3.45. The van der Waals surface area contributed by atoms with E-state index in [2.05, 4.69) is 0 Å². The molecule has 1 aromatic carbocycles. The number of phenolic OH excluding ortho intramolecular Hbond substituents is 1. The number of carbonyl (C=O) groups excluding carboxylic acids is 2. The molecule has 1 aromatic rings. The Morgan fingerprint density at radius 3 is 2.64 bits per heavy atom. The van der Waals surface area contributed by atoms with E-state index in [0.29, 0.717) is 17.7 Å². The van der Waals surface area contributed by atoms with Crippen LogP contribution < -0.4 is 5.11 Å². The predicted octanol–water partition coefficient (Wildman–Crippen LogP) is 1.51. The summed E-state index contributed by atoms with van der Waals surface area (Å²) in [6.07, 6.45) is 2.52. The monoisotopic (exact) mass is 336 g/mol. The van der Waals surface area contributed by atoms with Gasteiger partial charge in [-0.3, -0.25) is 9.69 Å². The van der Waals surface area contributed by atoms with Gasteiger partial charge in [-0.15, -0.1) is 0 Å². The number of carbonyl (C=O) groups is 2. The van der Waals surface area contributed by atoms with Gasteiger partial charge in [0.2, 0.25) is 0 Å². The molecular formula is C15H14NO4S2-. The molecule has 7 heteroatoms. The third-order valence-electron chi connectivity index (χ3n) is 3.16. The molecule has 1 atom stereocenters. The first-order chi connectivity index (χ1) is 10.4. The molecule has 5 nitrogen and oxygen atoms in total. The SMILES string of the molecule is CCC[C@@H](C(=O)[O-])N1C(=O)/C(=C\c2ccc(O)cc2)SC1=S. The number of amides is 1. The smallest absolute Gasteiger partial charge is 0.266 e. The Morgan fingerprint density at radius 2 is 2.09 bits per heavy atom. The van der Waals surface area contributed by atoms with Crippen molar-refractivity contribution in [2.24, 2.45) is 0 Å². The number of rotatable bonds is 5. The first-order valence-electron chi connectivity index (χ1n) is 6.71. The van der Waals surface area contributed by atoms with Crippen LogP contribution in [0.15, 0.2) is 29.2 Å². The quantitative estimate of drug-likeness (QED) is 0.648. The van der Waals surface area contributed by atoms with Gasteiger partial charge in [0.05, 0.1) is 16.9 Å². The van der Waals surface area contributed by atoms with Gasteiger partial charge in [-0.25, -0.2) is 0 Å². The average Bonchev–Trinajstić information content (AvgIpc) is 2.73. The molecule has 1 saturated heterocycles. The Morgan fingerprint density at radius 1 is 1.45 bits per heavy atom. The zero-order valence-corrected chi connectivity index (χ0v) is 13.4. The molecule has 0 unspecified atom stereocenters. The van der Waals surface area contributed by atoms with Gasteiger partial charge in [0.15, 0.2) is 0 Å². The highest BCUT2D eigenvalue weighted by atomic mass is 32.2. The molecule has 0 aromatic heterocycles. The molecule has 1 N–H and O–H groups in total. The minimum atomic E-state index is -1.30. The first kappa shape index (κ1) is 16.5. The van der Waals surface area contributed by atoms with Gasteiger partial charge in [0.25, 0.3) is 5.91 Å². The van der Waals surface area contributed by atoms with Crippen molar-refractivity contribution < 1.29 is 19.8 Å². The Kier molecular flexibility index (Phi) is 5.20. The summed E-state index contributed by atoms with van der Waals surface area (Å²) in [6, 6.07) is 5.29. The summed E-state index contributed by atoms with van der Waals surface area (Å²) in [5.74, 6) is -1.60. The number of nitrogens with zero attached hydrogens (tertiary/aromatic N) is 1. The van der Waals surface area contributed by atoms with Crippen molar-refractivity contribution >= 4 is 46.3 Å². The van der Waals surface area contributed by atoms with E-state index in [4.69, 9.17) is 12.2 Å². The number of hydrogen-bond acceptors (Lipinski definition) is 6. The molecule has 0 saturated carbocycles. The topological polar surface area (TPSA) is 80.7 Å². The molecule has 1 aliphatic rings. The number of carboxylic acid groups (broad SMARTS) is 1. The second-order valence-corrected chi connectivity index (χ2v) is 6.44. The first-order valence-corrected chi connectivity index (χ1v) is 7.93. The van der Waals surface area contributed by atoms with Gasteiger partial charge in [-0.05, 0) is 30.2 Å². The zero-order chi connectivity index (χ0) is 16.3. The molecular weight excluding hydrogens is 322 g/mol. The number of thiocarbonyl (C=S) groups is 1. The van der Waals surface area contributed by atoms with Crippen molar-refractivity contribution in [2.75, 3.05) is 0 Å². The van der Waals surface area contributed by atoms with Crippen LogP contribution in [0.3, 0.4) is 0 Å². The van der Waals surface area contributed by atoms with E-state index >= 15 is 0 Å². The van der Waals surface area contributed by atoms with E-state index in [1.807, 2.05) is 6.92 Å². The third kappa shape index (κ3) is 3.48. The van der Waals surface area contributed by atoms with E-state index in [1.54, 1.807) is 18.2 Å². The molecule has 0 radical (unpaired) electrons. The summed E-state index contributed by atoms with van der Waals surface area (Å²) in [7, 11) is 0. The lowest BCUT2D eigenvalue weighted by Crippen LogP contribution is -2.49. The fourth-order valence-electron chi connectivity index (χ4n) is 2.10. The molecule has 2 rings (SSSR count). The highest BCUT2D eigenvalue weighted by molar-refractivity contribution is 8.26. The van der Waals surface area contributed by atoms with Crippen molar-refractivity contribution in [1.29, 1.82) is 0 Å². The summed E-state index contributed by atoms with van der Waals surface area (Å²) in [5.41, 5.74) is 0.721. The van der Waals surface area contributed by atoms with Crippen LogP contribution in [0.2, 0.25) is 0 Å². The summed E-state index contributed by atoms with van der Waals surface area (Å²) in [4.78, 5) is 25.1. The number of aliphatic carboxylic acids is 1. The van der Waals surface area contributed by atoms with Gasteiger partial charge < -0.3 is 15.0 Å². The van der Waals surface area contributed by atoms with E-state index in [0.717, 1.165) is 22.2 Å². The Balaban J connectivity index is 2.27. The molecule has 116 valence electrons. The van der Waals surface area contributed by atoms with Gasteiger partial charge in [-0.1, -0.05) is 49.5 Å². The summed E-state index contributed by atoms with van der Waals surface area (Å²) in [5, 5.41) is 20.5. The number of benzene rings is 1. The standard InChI is InChI=1S/C15H15NO4S2/c1-2-3-11(14(19)20)16-13(18)12(22-15(16)21)8-9-4-6-10(17)7-5-9/h4-8,11,17H,2-3H2,1H3,(H,19,20)/p-1/b12-8+/t11-/m0/s1. The molecule has 0 aliphatic carbocycles.